The number of nitrogens with zero attached hydrogens (tertiary/aromatic N) is 5. The van der Waals surface area contributed by atoms with Crippen LogP contribution in [-0.2, 0) is 31.4 Å². The average molecular weight is 353 g/mol. The molecule has 0 saturated heterocycles. The van der Waals surface area contributed by atoms with E-state index in [1.807, 2.05) is 49.1 Å². The van der Waals surface area contributed by atoms with Gasteiger partial charge in [-0.05, 0) is 30.7 Å². The molecule has 1 aliphatic rings. The lowest BCUT2D eigenvalue weighted by Crippen LogP contribution is -2.38. The van der Waals surface area contributed by atoms with Gasteiger partial charge in [-0.2, -0.15) is 0 Å². The van der Waals surface area contributed by atoms with Crippen LogP contribution in [0.5, 0.6) is 0 Å². The fourth-order valence-corrected chi connectivity index (χ4v) is 3.44. The molecule has 0 bridgehead atoms. The molecule has 3 aromatic rings. The highest BCUT2D eigenvalue weighted by molar-refractivity contribution is 5.20. The minimum absolute atomic E-state index is 0.0644. The molecule has 1 atom stereocenters. The number of hydrogen-bond acceptors (Lipinski definition) is 6. The lowest BCUT2D eigenvalue weighted by atomic mass is 10.0. The third kappa shape index (κ3) is 3.54. The molecule has 0 N–H and O–H groups in total. The van der Waals surface area contributed by atoms with Crippen molar-refractivity contribution >= 4 is 0 Å². The average Bonchev–Trinajstić information content (AvgIpc) is 3.23. The van der Waals surface area contributed by atoms with Gasteiger partial charge in [-0.25, -0.2) is 0 Å². The van der Waals surface area contributed by atoms with Crippen LogP contribution in [-0.4, -0.2) is 38.0 Å². The van der Waals surface area contributed by atoms with E-state index in [1.54, 1.807) is 6.20 Å². The van der Waals surface area contributed by atoms with Crippen molar-refractivity contribution in [3.8, 4) is 0 Å². The Kier molecular flexibility index (Phi) is 4.81. The molecule has 0 radical (unpaired) electrons. The van der Waals surface area contributed by atoms with Gasteiger partial charge in [-0.15, -0.1) is 5.10 Å². The van der Waals surface area contributed by atoms with E-state index in [0.29, 0.717) is 13.2 Å². The molecule has 4 heterocycles. The highest BCUT2D eigenvalue weighted by atomic mass is 16.5. The molecule has 1 aliphatic heterocycles. The van der Waals surface area contributed by atoms with E-state index in [0.717, 1.165) is 42.3 Å². The summed E-state index contributed by atoms with van der Waals surface area (Å²) in [6.07, 6.45) is 4.53. The number of hydrogen-bond donors (Lipinski definition) is 0. The van der Waals surface area contributed by atoms with E-state index in [-0.39, 0.29) is 6.04 Å². The van der Waals surface area contributed by atoms with Gasteiger partial charge in [0.25, 0.3) is 0 Å². The van der Waals surface area contributed by atoms with Gasteiger partial charge in [0.2, 0.25) is 0 Å². The van der Waals surface area contributed by atoms with Gasteiger partial charge in [-0.3, -0.25) is 14.6 Å². The molecule has 0 aliphatic carbocycles. The monoisotopic (exact) mass is 353 g/mol. The number of aromatic nitrogens is 4. The van der Waals surface area contributed by atoms with E-state index >= 15 is 0 Å². The molecule has 7 heteroatoms. The number of fused-ring (bicyclic) bond motifs is 1. The third-order valence-corrected chi connectivity index (χ3v) is 4.79. The van der Waals surface area contributed by atoms with Gasteiger partial charge in [0.1, 0.15) is 17.2 Å². The maximum Gasteiger partial charge on any atom is 0.118 e. The molecular weight excluding hydrogens is 330 g/mol. The Hall–Kier alpha value is -2.51. The summed E-state index contributed by atoms with van der Waals surface area (Å²) in [6, 6.07) is 8.04. The van der Waals surface area contributed by atoms with Crippen molar-refractivity contribution in [2.24, 2.45) is 7.05 Å². The first-order valence-electron chi connectivity index (χ1n) is 8.85. The highest BCUT2D eigenvalue weighted by Gasteiger charge is 2.32. The molecule has 0 saturated carbocycles. The fourth-order valence-electron chi connectivity index (χ4n) is 3.44. The van der Waals surface area contributed by atoms with Gasteiger partial charge in [0, 0.05) is 32.4 Å². The van der Waals surface area contributed by atoms with Crippen LogP contribution in [0.2, 0.25) is 0 Å². The number of aryl methyl sites for hydroxylation is 2. The Morgan fingerprint density at radius 2 is 2.23 bits per heavy atom. The molecule has 0 fully saturated rings. The van der Waals surface area contributed by atoms with Crippen LogP contribution in [0.3, 0.4) is 0 Å². The van der Waals surface area contributed by atoms with E-state index in [9.17, 15) is 0 Å². The smallest absolute Gasteiger partial charge is 0.118 e. The van der Waals surface area contributed by atoms with Crippen molar-refractivity contribution in [2.45, 2.75) is 32.5 Å². The Balaban J connectivity index is 1.49. The topological polar surface area (TPSA) is 69.2 Å². The number of ether oxygens (including phenoxy) is 1. The van der Waals surface area contributed by atoms with Crippen molar-refractivity contribution in [1.82, 2.24) is 24.9 Å². The summed E-state index contributed by atoms with van der Waals surface area (Å²) in [6.45, 7) is 4.72. The molecule has 136 valence electrons. The summed E-state index contributed by atoms with van der Waals surface area (Å²) < 4.78 is 13.7. The lowest BCUT2D eigenvalue weighted by molar-refractivity contribution is 0.0359. The third-order valence-electron chi connectivity index (χ3n) is 4.79. The van der Waals surface area contributed by atoms with Crippen molar-refractivity contribution in [1.29, 1.82) is 0 Å². The van der Waals surface area contributed by atoms with Gasteiger partial charge >= 0.3 is 0 Å². The minimum Gasteiger partial charge on any atom is -0.465 e. The summed E-state index contributed by atoms with van der Waals surface area (Å²) >= 11 is 0. The van der Waals surface area contributed by atoms with Crippen LogP contribution in [0.1, 0.15) is 34.5 Å². The zero-order valence-electron chi connectivity index (χ0n) is 15.1. The van der Waals surface area contributed by atoms with Crippen LogP contribution < -0.4 is 0 Å². The van der Waals surface area contributed by atoms with Crippen molar-refractivity contribution < 1.29 is 9.15 Å². The normalized spacial score (nSPS) is 17.4. The van der Waals surface area contributed by atoms with Crippen LogP contribution in [0.25, 0.3) is 0 Å². The molecule has 0 spiro atoms. The first-order chi connectivity index (χ1) is 12.7. The van der Waals surface area contributed by atoms with Crippen molar-refractivity contribution in [3.63, 3.8) is 0 Å². The highest BCUT2D eigenvalue weighted by Crippen LogP contribution is 2.30. The molecule has 7 nitrogen and oxygen atoms in total. The van der Waals surface area contributed by atoms with Gasteiger partial charge in [-0.1, -0.05) is 11.3 Å². The molecule has 1 unspecified atom stereocenters. The standard InChI is InChI=1S/C19H23N5O2/c1-14-5-6-16(26-14)11-24-9-7-17-19(21-22-23(17)2)18(24)13-25-12-15-4-3-8-20-10-15/h3-6,8,10,18H,7,9,11-13H2,1-2H3. The summed E-state index contributed by atoms with van der Waals surface area (Å²) in [7, 11) is 1.95. The molecule has 0 amide bonds. The second-order valence-corrected chi connectivity index (χ2v) is 6.67. The summed E-state index contributed by atoms with van der Waals surface area (Å²) in [4.78, 5) is 6.49. The SMILES string of the molecule is Cc1ccc(CN2CCc3c(nnn3C)C2COCc2cccnc2)o1. The van der Waals surface area contributed by atoms with Crippen LogP contribution in [0.4, 0.5) is 0 Å². The second kappa shape index (κ2) is 7.39. The maximum absolute atomic E-state index is 6.01. The molecular formula is C19H23N5O2. The molecule has 4 rings (SSSR count). The van der Waals surface area contributed by atoms with Crippen LogP contribution in [0.15, 0.2) is 41.1 Å². The Bertz CT molecular complexity index is 858. The quantitative estimate of drug-likeness (QED) is 0.678. The zero-order chi connectivity index (χ0) is 17.9. The van der Waals surface area contributed by atoms with Crippen molar-refractivity contribution in [2.75, 3.05) is 13.2 Å². The largest absolute Gasteiger partial charge is 0.465 e. The Morgan fingerprint density at radius 3 is 3.00 bits per heavy atom. The number of pyridine rings is 1. The second-order valence-electron chi connectivity index (χ2n) is 6.67. The van der Waals surface area contributed by atoms with Crippen LogP contribution in [0, 0.1) is 6.92 Å². The van der Waals surface area contributed by atoms with Crippen molar-refractivity contribution in [3.05, 3.63) is 65.1 Å². The predicted octanol–water partition coefficient (Wildman–Crippen LogP) is 2.43. The molecule has 0 aromatic carbocycles. The summed E-state index contributed by atoms with van der Waals surface area (Å²) in [5.41, 5.74) is 3.26. The fraction of sp³-hybridized carbons (Fsp3) is 0.421. The van der Waals surface area contributed by atoms with E-state index < -0.39 is 0 Å². The number of rotatable bonds is 6. The number of furan rings is 1. The molecule has 26 heavy (non-hydrogen) atoms. The first kappa shape index (κ1) is 16.9. The lowest BCUT2D eigenvalue weighted by Gasteiger charge is -2.33. The summed E-state index contributed by atoms with van der Waals surface area (Å²) in [5.74, 6) is 1.90. The van der Waals surface area contributed by atoms with Gasteiger partial charge < -0.3 is 9.15 Å². The molecule has 3 aromatic heterocycles. The Labute approximate surface area is 152 Å². The van der Waals surface area contributed by atoms with Crippen LogP contribution >= 0.6 is 0 Å². The van der Waals surface area contributed by atoms with E-state index in [1.165, 1.54) is 5.69 Å². The predicted molar refractivity (Wildman–Crippen MR) is 95.2 cm³/mol. The maximum atomic E-state index is 6.01. The Morgan fingerprint density at radius 1 is 1.31 bits per heavy atom. The van der Waals surface area contributed by atoms with E-state index in [2.05, 4.69) is 20.2 Å². The van der Waals surface area contributed by atoms with Gasteiger partial charge in [0.15, 0.2) is 0 Å². The first-order valence-corrected chi connectivity index (χ1v) is 8.85. The summed E-state index contributed by atoms with van der Waals surface area (Å²) in [5, 5.41) is 8.62. The van der Waals surface area contributed by atoms with Gasteiger partial charge in [0.05, 0.1) is 31.5 Å². The minimum atomic E-state index is 0.0644. The van der Waals surface area contributed by atoms with E-state index in [4.69, 9.17) is 9.15 Å². The zero-order valence-corrected chi connectivity index (χ0v) is 15.1.